The van der Waals surface area contributed by atoms with Crippen LogP contribution in [0.3, 0.4) is 0 Å². The van der Waals surface area contributed by atoms with Crippen molar-refractivity contribution >= 4 is 39.1 Å². The van der Waals surface area contributed by atoms with E-state index in [1.54, 1.807) is 6.92 Å². The van der Waals surface area contributed by atoms with Gasteiger partial charge in [0.2, 0.25) is 21.8 Å². The van der Waals surface area contributed by atoms with Crippen molar-refractivity contribution in [2.75, 3.05) is 23.7 Å². The predicted octanol–water partition coefficient (Wildman–Crippen LogP) is 4.60. The first-order valence-electron chi connectivity index (χ1n) is 11.3. The number of alkyl halides is 3. The maximum absolute atomic E-state index is 13.5. The van der Waals surface area contributed by atoms with E-state index in [0.717, 1.165) is 23.3 Å². The number of nitrogens with one attached hydrogen (secondary N) is 1. The summed E-state index contributed by atoms with van der Waals surface area (Å²) in [5.41, 5.74) is -1.22. The zero-order valence-electron chi connectivity index (χ0n) is 20.5. The van der Waals surface area contributed by atoms with Gasteiger partial charge >= 0.3 is 6.18 Å². The van der Waals surface area contributed by atoms with Crippen LogP contribution in [0.25, 0.3) is 0 Å². The quantitative estimate of drug-likeness (QED) is 0.404. The van der Waals surface area contributed by atoms with Crippen LogP contribution in [0.1, 0.15) is 37.8 Å². The van der Waals surface area contributed by atoms with Gasteiger partial charge in [0.15, 0.2) is 0 Å². The number of nitrogens with zero attached hydrogens (tertiary/aromatic N) is 2. The van der Waals surface area contributed by atoms with Crippen LogP contribution in [0.2, 0.25) is 5.02 Å². The van der Waals surface area contributed by atoms with Crippen molar-refractivity contribution in [3.63, 3.8) is 0 Å². The highest BCUT2D eigenvalue weighted by Gasteiger charge is 2.36. The Morgan fingerprint density at radius 3 is 2.22 bits per heavy atom. The molecule has 0 heterocycles. The van der Waals surface area contributed by atoms with Crippen molar-refractivity contribution < 1.29 is 35.6 Å². The van der Waals surface area contributed by atoms with E-state index in [1.165, 1.54) is 24.3 Å². The Kier molecular flexibility index (Phi) is 10.3. The molecule has 2 rings (SSSR count). The topological polar surface area (TPSA) is 86.8 Å². The molecule has 0 bridgehead atoms. The van der Waals surface area contributed by atoms with Gasteiger partial charge in [0, 0.05) is 13.1 Å². The molecule has 13 heteroatoms. The van der Waals surface area contributed by atoms with Crippen LogP contribution in [0.5, 0.6) is 0 Å². The van der Waals surface area contributed by atoms with E-state index in [4.69, 9.17) is 11.6 Å². The Labute approximate surface area is 218 Å². The fraction of sp³-hybridized carbons (Fsp3) is 0.417. The van der Waals surface area contributed by atoms with Gasteiger partial charge in [-0.2, -0.15) is 13.2 Å². The molecule has 0 saturated carbocycles. The number of hydrogen-bond acceptors (Lipinski definition) is 4. The zero-order valence-corrected chi connectivity index (χ0v) is 22.1. The average molecular weight is 566 g/mol. The summed E-state index contributed by atoms with van der Waals surface area (Å²) < 4.78 is 79.2. The van der Waals surface area contributed by atoms with Gasteiger partial charge in [-0.1, -0.05) is 37.6 Å². The highest BCUT2D eigenvalue weighted by atomic mass is 35.5. The lowest BCUT2D eigenvalue weighted by molar-refractivity contribution is -0.140. The number of rotatable bonds is 11. The molecule has 0 fully saturated rings. The monoisotopic (exact) mass is 565 g/mol. The van der Waals surface area contributed by atoms with Crippen LogP contribution in [-0.2, 0) is 32.3 Å². The molecule has 0 spiro atoms. The first-order valence-corrected chi connectivity index (χ1v) is 13.6. The third-order valence-corrected chi connectivity index (χ3v) is 6.89. The summed E-state index contributed by atoms with van der Waals surface area (Å²) in [6, 6.07) is 6.65. The molecule has 0 aliphatic carbocycles. The molecular weight excluding hydrogens is 538 g/mol. The smallest absolute Gasteiger partial charge is 0.354 e. The molecule has 0 radical (unpaired) electrons. The summed E-state index contributed by atoms with van der Waals surface area (Å²) in [4.78, 5) is 27.5. The minimum absolute atomic E-state index is 0.164. The summed E-state index contributed by atoms with van der Waals surface area (Å²) in [5, 5.41) is 2.06. The molecule has 1 atom stereocenters. The van der Waals surface area contributed by atoms with Crippen molar-refractivity contribution in [1.82, 2.24) is 10.2 Å². The molecule has 37 heavy (non-hydrogen) atoms. The number of carbonyl (C=O) groups is 2. The van der Waals surface area contributed by atoms with Gasteiger partial charge in [0.05, 0.1) is 22.5 Å². The molecule has 7 nitrogen and oxygen atoms in total. The van der Waals surface area contributed by atoms with Crippen molar-refractivity contribution in [2.24, 2.45) is 0 Å². The van der Waals surface area contributed by atoms with Gasteiger partial charge in [0.1, 0.15) is 18.4 Å². The molecular formula is C24H28ClF4N3O4S. The standard InChI is InChI=1S/C24H28ClF4N3O4S/c1-4-12-30-23(34)21(5-2)31(14-16-6-8-17(26)9-7-16)22(33)15-32(37(3,35)36)18-10-11-20(25)19(13-18)24(27,28)29/h6-11,13,21H,4-5,12,14-15H2,1-3H3,(H,30,34). The van der Waals surface area contributed by atoms with Crippen molar-refractivity contribution in [3.8, 4) is 0 Å². The van der Waals surface area contributed by atoms with Crippen LogP contribution in [0.15, 0.2) is 42.5 Å². The Morgan fingerprint density at radius 1 is 1.08 bits per heavy atom. The lowest BCUT2D eigenvalue weighted by atomic mass is 10.1. The van der Waals surface area contributed by atoms with Crippen LogP contribution in [0.4, 0.5) is 23.2 Å². The average Bonchev–Trinajstić information content (AvgIpc) is 2.81. The molecule has 0 aliphatic rings. The molecule has 1 N–H and O–H groups in total. The van der Waals surface area contributed by atoms with Crippen LogP contribution < -0.4 is 9.62 Å². The molecule has 1 unspecified atom stereocenters. The lowest BCUT2D eigenvalue weighted by Gasteiger charge is -2.33. The first kappa shape index (κ1) is 30.4. The maximum Gasteiger partial charge on any atom is 0.417 e. The summed E-state index contributed by atoms with van der Waals surface area (Å²) in [5.74, 6) is -1.82. The number of anilines is 1. The highest BCUT2D eigenvalue weighted by Crippen LogP contribution is 2.37. The molecule has 2 amide bonds. The third kappa shape index (κ3) is 8.32. The molecule has 0 aliphatic heterocycles. The van der Waals surface area contributed by atoms with E-state index >= 15 is 0 Å². The summed E-state index contributed by atoms with van der Waals surface area (Å²) >= 11 is 5.66. The van der Waals surface area contributed by atoms with Gasteiger partial charge in [-0.05, 0) is 48.7 Å². The number of benzene rings is 2. The summed E-state index contributed by atoms with van der Waals surface area (Å²) in [7, 11) is -4.24. The van der Waals surface area contributed by atoms with Gasteiger partial charge in [0.25, 0.3) is 0 Å². The Balaban J connectivity index is 2.50. The molecule has 2 aromatic carbocycles. The van der Waals surface area contributed by atoms with Crippen molar-refractivity contribution in [2.45, 2.75) is 45.5 Å². The van der Waals surface area contributed by atoms with Crippen LogP contribution in [0, 0.1) is 5.82 Å². The largest absolute Gasteiger partial charge is 0.417 e. The van der Waals surface area contributed by atoms with E-state index in [1.807, 2.05) is 6.92 Å². The minimum Gasteiger partial charge on any atom is -0.354 e. The van der Waals surface area contributed by atoms with E-state index in [-0.39, 0.29) is 13.0 Å². The molecule has 0 saturated heterocycles. The SMILES string of the molecule is CCCNC(=O)C(CC)N(Cc1ccc(F)cc1)C(=O)CN(c1ccc(Cl)c(C(F)(F)F)c1)S(C)(=O)=O. The highest BCUT2D eigenvalue weighted by molar-refractivity contribution is 7.92. The van der Waals surface area contributed by atoms with Crippen molar-refractivity contribution in [3.05, 3.63) is 64.4 Å². The molecule has 2 aromatic rings. The van der Waals surface area contributed by atoms with Gasteiger partial charge < -0.3 is 10.2 Å². The third-order valence-electron chi connectivity index (χ3n) is 5.42. The van der Waals surface area contributed by atoms with E-state index < -0.39 is 62.7 Å². The summed E-state index contributed by atoms with van der Waals surface area (Å²) in [6.07, 6.45) is -3.31. The summed E-state index contributed by atoms with van der Waals surface area (Å²) in [6.45, 7) is 2.80. The first-order chi connectivity index (χ1) is 17.2. The maximum atomic E-state index is 13.5. The fourth-order valence-electron chi connectivity index (χ4n) is 3.57. The minimum atomic E-state index is -4.86. The number of hydrogen-bond donors (Lipinski definition) is 1. The number of sulfonamides is 1. The Hall–Kier alpha value is -2.86. The Bertz CT molecular complexity index is 1210. The Morgan fingerprint density at radius 2 is 1.70 bits per heavy atom. The normalized spacial score (nSPS) is 12.6. The predicted molar refractivity (Wildman–Crippen MR) is 133 cm³/mol. The fourth-order valence-corrected chi connectivity index (χ4v) is 4.64. The second-order valence-corrected chi connectivity index (χ2v) is 10.6. The van der Waals surface area contributed by atoms with E-state index in [9.17, 15) is 35.6 Å². The second-order valence-electron chi connectivity index (χ2n) is 8.29. The van der Waals surface area contributed by atoms with Crippen molar-refractivity contribution in [1.29, 1.82) is 0 Å². The number of halogens is 5. The van der Waals surface area contributed by atoms with E-state index in [2.05, 4.69) is 5.32 Å². The molecule has 204 valence electrons. The molecule has 0 aromatic heterocycles. The second kappa shape index (κ2) is 12.6. The zero-order chi connectivity index (χ0) is 28.0. The van der Waals surface area contributed by atoms with Gasteiger partial charge in [-0.25, -0.2) is 12.8 Å². The number of carbonyl (C=O) groups excluding carboxylic acids is 2. The van der Waals surface area contributed by atoms with Crippen LogP contribution in [-0.4, -0.2) is 50.5 Å². The van der Waals surface area contributed by atoms with Gasteiger partial charge in [-0.15, -0.1) is 0 Å². The lowest BCUT2D eigenvalue weighted by Crippen LogP contribution is -2.52. The number of amides is 2. The van der Waals surface area contributed by atoms with Gasteiger partial charge in [-0.3, -0.25) is 13.9 Å². The van der Waals surface area contributed by atoms with E-state index in [0.29, 0.717) is 28.9 Å². The van der Waals surface area contributed by atoms with Crippen LogP contribution >= 0.6 is 11.6 Å².